The molecule has 1 aliphatic heterocycles. The topological polar surface area (TPSA) is 94.2 Å². The number of ether oxygens (including phenoxy) is 3. The minimum atomic E-state index is -3.92. The van der Waals surface area contributed by atoms with Crippen LogP contribution in [-0.4, -0.2) is 72.0 Å². The third kappa shape index (κ3) is 7.11. The molecule has 1 saturated heterocycles. The van der Waals surface area contributed by atoms with Crippen LogP contribution in [0.25, 0.3) is 0 Å². The number of carbonyl (C=O) groups excluding carboxylic acids is 1. The van der Waals surface area contributed by atoms with Gasteiger partial charge in [-0.3, -0.25) is 4.79 Å². The van der Waals surface area contributed by atoms with Crippen LogP contribution in [0.5, 0.6) is 0 Å². The van der Waals surface area contributed by atoms with E-state index >= 15 is 0 Å². The maximum atomic E-state index is 13.5. The van der Waals surface area contributed by atoms with Crippen LogP contribution in [-0.2, 0) is 29.0 Å². The number of benzene rings is 2. The molecule has 2 aromatic rings. The van der Waals surface area contributed by atoms with Crippen molar-refractivity contribution in [3.63, 3.8) is 0 Å². The molecule has 2 aromatic carbocycles. The first-order valence-corrected chi connectivity index (χ1v) is 12.1. The summed E-state index contributed by atoms with van der Waals surface area (Å²) in [5.74, 6) is -0.354. The monoisotopic (exact) mass is 462 g/mol. The van der Waals surface area contributed by atoms with Crippen LogP contribution in [0, 0.1) is 6.92 Å². The highest BCUT2D eigenvalue weighted by Gasteiger charge is 2.30. The van der Waals surface area contributed by atoms with Gasteiger partial charge in [0.2, 0.25) is 15.9 Å². The molecule has 0 unspecified atom stereocenters. The maximum absolute atomic E-state index is 13.5. The van der Waals surface area contributed by atoms with E-state index in [1.807, 2.05) is 13.0 Å². The number of nitrogens with one attached hydrogen (secondary N) is 1. The van der Waals surface area contributed by atoms with E-state index in [0.717, 1.165) is 5.56 Å². The number of rotatable bonds is 5. The molecule has 174 valence electrons. The van der Waals surface area contributed by atoms with Crippen molar-refractivity contribution in [2.45, 2.75) is 17.9 Å². The largest absolute Gasteiger partial charge is 0.377 e. The number of nitrogens with zero attached hydrogens (tertiary/aromatic N) is 1. The number of aryl methyl sites for hydroxylation is 1. The van der Waals surface area contributed by atoms with E-state index in [9.17, 15) is 13.2 Å². The SMILES string of the molecule is Cc1ccc(S(=O)(=O)N[C@H](C(=O)N2CCOCCOCCOCC2)c2ccccc2)cc1. The van der Waals surface area contributed by atoms with Gasteiger partial charge in [0.15, 0.2) is 0 Å². The second-order valence-corrected chi connectivity index (χ2v) is 9.15. The predicted octanol–water partition coefficient (Wildman–Crippen LogP) is 1.91. The highest BCUT2D eigenvalue weighted by molar-refractivity contribution is 7.89. The summed E-state index contributed by atoms with van der Waals surface area (Å²) in [5.41, 5.74) is 1.51. The van der Waals surface area contributed by atoms with E-state index in [4.69, 9.17) is 14.2 Å². The smallest absolute Gasteiger partial charge is 0.245 e. The Labute approximate surface area is 189 Å². The molecule has 1 aliphatic rings. The van der Waals surface area contributed by atoms with Crippen LogP contribution in [0.2, 0.25) is 0 Å². The van der Waals surface area contributed by atoms with Crippen LogP contribution in [0.4, 0.5) is 0 Å². The fraction of sp³-hybridized carbons (Fsp3) is 0.435. The van der Waals surface area contributed by atoms with Gasteiger partial charge in [-0.25, -0.2) is 8.42 Å². The summed E-state index contributed by atoms with van der Waals surface area (Å²) in [7, 11) is -3.92. The normalized spacial score (nSPS) is 17.7. The Balaban J connectivity index is 1.83. The molecule has 0 aromatic heterocycles. The molecule has 0 aliphatic carbocycles. The summed E-state index contributed by atoms with van der Waals surface area (Å²) in [6.07, 6.45) is 0. The second kappa shape index (κ2) is 12.1. The summed E-state index contributed by atoms with van der Waals surface area (Å²) in [5, 5.41) is 0. The third-order valence-electron chi connectivity index (χ3n) is 5.05. The van der Waals surface area contributed by atoms with Crippen LogP contribution in [0.3, 0.4) is 0 Å². The summed E-state index contributed by atoms with van der Waals surface area (Å²) < 4.78 is 45.2. The molecule has 1 atom stereocenters. The molecule has 0 radical (unpaired) electrons. The summed E-state index contributed by atoms with van der Waals surface area (Å²) in [6.45, 7) is 4.92. The molecule has 0 saturated carbocycles. The van der Waals surface area contributed by atoms with E-state index in [0.29, 0.717) is 58.3 Å². The molecule has 1 heterocycles. The lowest BCUT2D eigenvalue weighted by atomic mass is 10.1. The van der Waals surface area contributed by atoms with Crippen molar-refractivity contribution in [1.29, 1.82) is 0 Å². The molecular formula is C23H30N2O6S. The maximum Gasteiger partial charge on any atom is 0.245 e. The highest BCUT2D eigenvalue weighted by atomic mass is 32.2. The molecule has 3 rings (SSSR count). The molecule has 1 fully saturated rings. The van der Waals surface area contributed by atoms with Crippen molar-refractivity contribution in [2.24, 2.45) is 0 Å². The number of hydrogen-bond acceptors (Lipinski definition) is 6. The van der Waals surface area contributed by atoms with Gasteiger partial charge in [-0.15, -0.1) is 0 Å². The summed E-state index contributed by atoms with van der Waals surface area (Å²) in [6, 6.07) is 14.3. The number of sulfonamides is 1. The Morgan fingerprint density at radius 3 is 1.94 bits per heavy atom. The molecule has 0 spiro atoms. The van der Waals surface area contributed by atoms with Crippen LogP contribution in [0.15, 0.2) is 59.5 Å². The molecule has 0 bridgehead atoms. The second-order valence-electron chi connectivity index (χ2n) is 7.44. The zero-order valence-electron chi connectivity index (χ0n) is 18.2. The van der Waals surface area contributed by atoms with Gasteiger partial charge in [0.05, 0.1) is 44.5 Å². The van der Waals surface area contributed by atoms with Gasteiger partial charge < -0.3 is 19.1 Å². The van der Waals surface area contributed by atoms with E-state index < -0.39 is 16.1 Å². The fourth-order valence-electron chi connectivity index (χ4n) is 3.25. The molecular weight excluding hydrogens is 432 g/mol. The fourth-order valence-corrected chi connectivity index (χ4v) is 4.43. The number of hydrogen-bond donors (Lipinski definition) is 1. The Kier molecular flexibility index (Phi) is 9.19. The van der Waals surface area contributed by atoms with E-state index in [2.05, 4.69) is 4.72 Å². The van der Waals surface area contributed by atoms with E-state index in [-0.39, 0.29) is 10.8 Å². The molecule has 32 heavy (non-hydrogen) atoms. The van der Waals surface area contributed by atoms with Crippen LogP contribution in [0.1, 0.15) is 17.2 Å². The van der Waals surface area contributed by atoms with Gasteiger partial charge in [-0.2, -0.15) is 4.72 Å². The standard InChI is InChI=1S/C23H30N2O6S/c1-19-7-9-21(10-8-19)32(27,28)24-22(20-5-3-2-4-6-20)23(26)25-11-13-29-15-17-31-18-16-30-14-12-25/h2-10,22,24H,11-18H2,1H3/t22-/m0/s1. The quantitative estimate of drug-likeness (QED) is 0.730. The zero-order valence-corrected chi connectivity index (χ0v) is 19.1. The van der Waals surface area contributed by atoms with Gasteiger partial charge in [0, 0.05) is 13.1 Å². The molecule has 1 amide bonds. The molecule has 8 nitrogen and oxygen atoms in total. The average Bonchev–Trinajstić information content (AvgIpc) is 2.78. The molecule has 1 N–H and O–H groups in total. The van der Waals surface area contributed by atoms with Crippen LogP contribution < -0.4 is 4.72 Å². The van der Waals surface area contributed by atoms with Gasteiger partial charge in [-0.1, -0.05) is 48.0 Å². The van der Waals surface area contributed by atoms with Crippen molar-refractivity contribution in [2.75, 3.05) is 52.7 Å². The van der Waals surface area contributed by atoms with Crippen molar-refractivity contribution >= 4 is 15.9 Å². The van der Waals surface area contributed by atoms with Gasteiger partial charge in [-0.05, 0) is 24.6 Å². The first-order chi connectivity index (χ1) is 15.5. The number of carbonyl (C=O) groups is 1. The predicted molar refractivity (Wildman–Crippen MR) is 120 cm³/mol. The van der Waals surface area contributed by atoms with Gasteiger partial charge >= 0.3 is 0 Å². The van der Waals surface area contributed by atoms with E-state index in [1.54, 1.807) is 41.3 Å². The zero-order chi connectivity index (χ0) is 22.8. The lowest BCUT2D eigenvalue weighted by Gasteiger charge is -2.28. The third-order valence-corrected chi connectivity index (χ3v) is 6.49. The van der Waals surface area contributed by atoms with Crippen molar-refractivity contribution in [1.82, 2.24) is 9.62 Å². The van der Waals surface area contributed by atoms with Gasteiger partial charge in [0.1, 0.15) is 6.04 Å². The molecule has 9 heteroatoms. The average molecular weight is 463 g/mol. The van der Waals surface area contributed by atoms with Crippen LogP contribution >= 0.6 is 0 Å². The first kappa shape index (κ1) is 24.3. The Morgan fingerprint density at radius 2 is 1.38 bits per heavy atom. The van der Waals surface area contributed by atoms with Crippen molar-refractivity contribution in [3.05, 3.63) is 65.7 Å². The lowest BCUT2D eigenvalue weighted by Crippen LogP contribution is -2.45. The first-order valence-electron chi connectivity index (χ1n) is 10.6. The van der Waals surface area contributed by atoms with E-state index in [1.165, 1.54) is 12.1 Å². The van der Waals surface area contributed by atoms with Gasteiger partial charge in [0.25, 0.3) is 0 Å². The minimum Gasteiger partial charge on any atom is -0.377 e. The Hall–Kier alpha value is -2.30. The van der Waals surface area contributed by atoms with Crippen molar-refractivity contribution in [3.8, 4) is 0 Å². The lowest BCUT2D eigenvalue weighted by molar-refractivity contribution is -0.135. The van der Waals surface area contributed by atoms with Crippen molar-refractivity contribution < 1.29 is 27.4 Å². The summed E-state index contributed by atoms with van der Waals surface area (Å²) >= 11 is 0. The summed E-state index contributed by atoms with van der Waals surface area (Å²) in [4.78, 5) is 15.2. The Bertz CT molecular complexity index is 938. The minimum absolute atomic E-state index is 0.109. The number of amides is 1. The highest BCUT2D eigenvalue weighted by Crippen LogP contribution is 2.20. The Morgan fingerprint density at radius 1 is 0.844 bits per heavy atom.